The van der Waals surface area contributed by atoms with Crippen molar-refractivity contribution < 1.29 is 22.9 Å². The van der Waals surface area contributed by atoms with Gasteiger partial charge < -0.3 is 9.30 Å². The minimum absolute atomic E-state index is 0.0348. The predicted octanol–water partition coefficient (Wildman–Crippen LogP) is 2.39. The zero-order chi connectivity index (χ0) is 22.9. The monoisotopic (exact) mass is 476 g/mol. The van der Waals surface area contributed by atoms with Gasteiger partial charge in [-0.3, -0.25) is 14.9 Å². The number of aryl methyl sites for hydroxylation is 1. The van der Waals surface area contributed by atoms with Gasteiger partial charge in [-0.1, -0.05) is 11.3 Å². The first kappa shape index (κ1) is 22.3. The number of non-ortho nitro benzene ring substituents is 1. The Balaban J connectivity index is 1.65. The molecule has 0 atom stereocenters. The van der Waals surface area contributed by atoms with E-state index in [9.17, 15) is 23.3 Å². The highest BCUT2D eigenvalue weighted by Gasteiger charge is 2.26. The highest BCUT2D eigenvalue weighted by atomic mass is 32.2. The van der Waals surface area contributed by atoms with E-state index in [0.29, 0.717) is 43.2 Å². The van der Waals surface area contributed by atoms with Gasteiger partial charge in [-0.05, 0) is 37.3 Å². The van der Waals surface area contributed by atoms with E-state index in [-0.39, 0.29) is 16.1 Å². The molecular formula is C20H20N4O6S2. The maximum atomic E-state index is 12.7. The highest BCUT2D eigenvalue weighted by molar-refractivity contribution is 7.89. The topological polar surface area (TPSA) is 124 Å². The number of nitro groups is 1. The van der Waals surface area contributed by atoms with Crippen LogP contribution in [-0.2, 0) is 21.3 Å². The fourth-order valence-corrected chi connectivity index (χ4v) is 5.90. The summed E-state index contributed by atoms with van der Waals surface area (Å²) < 4.78 is 34.5. The molecule has 1 saturated heterocycles. The van der Waals surface area contributed by atoms with Crippen molar-refractivity contribution in [2.45, 2.75) is 18.4 Å². The summed E-state index contributed by atoms with van der Waals surface area (Å²) in [5.74, 6) is -0.524. The Morgan fingerprint density at radius 3 is 2.50 bits per heavy atom. The molecule has 0 aliphatic carbocycles. The number of aromatic nitrogens is 1. The summed E-state index contributed by atoms with van der Waals surface area (Å²) in [6.07, 6.45) is 0. The molecule has 1 aliphatic heterocycles. The number of amides is 1. The lowest BCUT2D eigenvalue weighted by molar-refractivity contribution is -0.384. The number of morpholine rings is 1. The molecule has 0 radical (unpaired) electrons. The maximum Gasteiger partial charge on any atom is 0.279 e. The number of hydrogen-bond acceptors (Lipinski definition) is 7. The van der Waals surface area contributed by atoms with Crippen LogP contribution >= 0.6 is 11.3 Å². The lowest BCUT2D eigenvalue weighted by Gasteiger charge is -2.26. The van der Waals surface area contributed by atoms with Gasteiger partial charge >= 0.3 is 0 Å². The van der Waals surface area contributed by atoms with Crippen LogP contribution in [0.2, 0.25) is 0 Å². The lowest BCUT2D eigenvalue weighted by Crippen LogP contribution is -2.40. The molecule has 1 aliphatic rings. The molecule has 2 heterocycles. The first-order valence-corrected chi connectivity index (χ1v) is 12.1. The summed E-state index contributed by atoms with van der Waals surface area (Å²) in [5, 5.41) is 11.1. The van der Waals surface area contributed by atoms with Gasteiger partial charge in [0.15, 0.2) is 4.80 Å². The number of nitrogens with zero attached hydrogens (tertiary/aromatic N) is 4. The van der Waals surface area contributed by atoms with Crippen molar-refractivity contribution in [1.82, 2.24) is 8.87 Å². The van der Waals surface area contributed by atoms with E-state index in [4.69, 9.17) is 4.74 Å². The average Bonchev–Trinajstić information content (AvgIpc) is 3.15. The first-order chi connectivity index (χ1) is 15.3. The quantitative estimate of drug-likeness (QED) is 0.411. The number of nitro benzene ring substituents is 1. The van der Waals surface area contributed by atoms with Crippen molar-refractivity contribution in [3.63, 3.8) is 0 Å². The molecule has 2 aromatic carbocycles. The molecule has 168 valence electrons. The number of hydrogen-bond donors (Lipinski definition) is 0. The normalized spacial score (nSPS) is 15.8. The molecule has 1 fully saturated rings. The number of carbonyl (C=O) groups excluding carboxylic acids is 1. The van der Waals surface area contributed by atoms with Gasteiger partial charge in [-0.2, -0.15) is 9.30 Å². The van der Waals surface area contributed by atoms with E-state index in [1.165, 1.54) is 52.0 Å². The Hall–Kier alpha value is -2.93. The van der Waals surface area contributed by atoms with Crippen LogP contribution < -0.4 is 4.80 Å². The minimum Gasteiger partial charge on any atom is -0.379 e. The van der Waals surface area contributed by atoms with Gasteiger partial charge in [0.05, 0.1) is 33.2 Å². The standard InChI is InChI=1S/C20H20N4O6S2/c1-2-23-17-13-15(24(26)27)5-8-18(17)31-20(23)21-19(25)14-3-6-16(7-4-14)32(28,29)22-9-11-30-12-10-22/h3-8,13H,2,9-12H2,1H3. The molecule has 10 nitrogen and oxygen atoms in total. The summed E-state index contributed by atoms with van der Waals surface area (Å²) in [6, 6.07) is 10.2. The van der Waals surface area contributed by atoms with Crippen LogP contribution in [0.5, 0.6) is 0 Å². The van der Waals surface area contributed by atoms with E-state index >= 15 is 0 Å². The molecule has 4 rings (SSSR count). The summed E-state index contributed by atoms with van der Waals surface area (Å²) in [7, 11) is -3.65. The van der Waals surface area contributed by atoms with Crippen LogP contribution in [-0.4, -0.2) is 54.4 Å². The zero-order valence-corrected chi connectivity index (χ0v) is 18.8. The van der Waals surface area contributed by atoms with E-state index in [1.54, 1.807) is 10.6 Å². The van der Waals surface area contributed by atoms with Crippen molar-refractivity contribution in [1.29, 1.82) is 0 Å². The summed E-state index contributed by atoms with van der Waals surface area (Å²) >= 11 is 1.26. The number of benzene rings is 2. The molecule has 0 saturated carbocycles. The van der Waals surface area contributed by atoms with Crippen LogP contribution in [0.15, 0.2) is 52.4 Å². The van der Waals surface area contributed by atoms with Gasteiger partial charge in [0, 0.05) is 37.3 Å². The van der Waals surface area contributed by atoms with Gasteiger partial charge in [-0.15, -0.1) is 0 Å². The fourth-order valence-electron chi connectivity index (χ4n) is 3.42. The maximum absolute atomic E-state index is 12.7. The molecule has 0 bridgehead atoms. The second kappa shape index (κ2) is 8.90. The third kappa shape index (κ3) is 4.21. The largest absolute Gasteiger partial charge is 0.379 e. The second-order valence-corrected chi connectivity index (χ2v) is 9.94. The van der Waals surface area contributed by atoms with E-state index in [2.05, 4.69) is 4.99 Å². The van der Waals surface area contributed by atoms with Gasteiger partial charge in [0.2, 0.25) is 10.0 Å². The van der Waals surface area contributed by atoms with Crippen LogP contribution in [0.4, 0.5) is 5.69 Å². The molecule has 12 heteroatoms. The lowest BCUT2D eigenvalue weighted by atomic mass is 10.2. The van der Waals surface area contributed by atoms with Gasteiger partial charge in [0.25, 0.3) is 11.6 Å². The molecule has 0 unspecified atom stereocenters. The molecule has 3 aromatic rings. The van der Waals surface area contributed by atoms with Crippen molar-refractivity contribution in [3.05, 3.63) is 62.9 Å². The smallest absolute Gasteiger partial charge is 0.279 e. The highest BCUT2D eigenvalue weighted by Crippen LogP contribution is 2.23. The van der Waals surface area contributed by atoms with E-state index < -0.39 is 20.9 Å². The summed E-state index contributed by atoms with van der Waals surface area (Å²) in [5.41, 5.74) is 0.842. The molecule has 32 heavy (non-hydrogen) atoms. The van der Waals surface area contributed by atoms with Crippen LogP contribution in [0.3, 0.4) is 0 Å². The number of fused-ring (bicyclic) bond motifs is 1. The molecule has 0 N–H and O–H groups in total. The number of ether oxygens (including phenoxy) is 1. The van der Waals surface area contributed by atoms with Crippen molar-refractivity contribution in [2.75, 3.05) is 26.3 Å². The second-order valence-electron chi connectivity index (χ2n) is 7.00. The minimum atomic E-state index is -3.65. The summed E-state index contributed by atoms with van der Waals surface area (Å²) in [4.78, 5) is 28.1. The van der Waals surface area contributed by atoms with Crippen LogP contribution in [0, 0.1) is 10.1 Å². The van der Waals surface area contributed by atoms with Crippen molar-refractivity contribution >= 4 is 43.2 Å². The number of sulfonamides is 1. The van der Waals surface area contributed by atoms with Gasteiger partial charge in [0.1, 0.15) is 0 Å². The van der Waals surface area contributed by atoms with Crippen molar-refractivity contribution in [3.8, 4) is 0 Å². The molecule has 1 amide bonds. The zero-order valence-electron chi connectivity index (χ0n) is 17.1. The SMILES string of the molecule is CCn1c(=NC(=O)c2ccc(S(=O)(=O)N3CCOCC3)cc2)sc2ccc([N+](=O)[O-])cc21. The Morgan fingerprint density at radius 1 is 1.19 bits per heavy atom. The third-order valence-electron chi connectivity index (χ3n) is 5.10. The fraction of sp³-hybridized carbons (Fsp3) is 0.300. The van der Waals surface area contributed by atoms with Gasteiger partial charge in [-0.25, -0.2) is 8.42 Å². The molecule has 1 aromatic heterocycles. The van der Waals surface area contributed by atoms with Crippen LogP contribution in [0.25, 0.3) is 10.2 Å². The van der Waals surface area contributed by atoms with Crippen molar-refractivity contribution in [2.24, 2.45) is 4.99 Å². The summed E-state index contributed by atoms with van der Waals surface area (Å²) in [6.45, 7) is 3.62. The molecular weight excluding hydrogens is 456 g/mol. The number of rotatable bonds is 5. The molecule has 0 spiro atoms. The Bertz CT molecular complexity index is 1350. The Labute approximate surface area is 187 Å². The Morgan fingerprint density at radius 2 is 1.88 bits per heavy atom. The first-order valence-electron chi connectivity index (χ1n) is 9.86. The van der Waals surface area contributed by atoms with E-state index in [0.717, 1.165) is 4.70 Å². The predicted molar refractivity (Wildman–Crippen MR) is 118 cm³/mol. The third-order valence-corrected chi connectivity index (χ3v) is 8.07. The van der Waals surface area contributed by atoms with Crippen LogP contribution in [0.1, 0.15) is 17.3 Å². The Kier molecular flexibility index (Phi) is 6.20. The average molecular weight is 477 g/mol. The number of carbonyl (C=O) groups is 1. The van der Waals surface area contributed by atoms with E-state index in [1.807, 2.05) is 6.92 Å². The number of thiazole rings is 1.